The second kappa shape index (κ2) is 5.70. The van der Waals surface area contributed by atoms with Gasteiger partial charge in [-0.05, 0) is 26.2 Å². The summed E-state index contributed by atoms with van der Waals surface area (Å²) in [5.74, 6) is 0.0775. The van der Waals surface area contributed by atoms with E-state index in [0.717, 1.165) is 19.3 Å². The Morgan fingerprint density at radius 3 is 2.56 bits per heavy atom. The van der Waals surface area contributed by atoms with E-state index in [-0.39, 0.29) is 11.3 Å². The first kappa shape index (κ1) is 12.8. The summed E-state index contributed by atoms with van der Waals surface area (Å²) in [4.78, 5) is 0. The van der Waals surface area contributed by atoms with Crippen molar-refractivity contribution in [1.82, 2.24) is 0 Å². The Kier molecular flexibility index (Phi) is 4.55. The first-order valence-corrected chi connectivity index (χ1v) is 6.13. The highest BCUT2D eigenvalue weighted by Crippen LogP contribution is 2.44. The van der Waals surface area contributed by atoms with E-state index in [9.17, 15) is 5.26 Å². The molecule has 0 aromatic heterocycles. The van der Waals surface area contributed by atoms with Gasteiger partial charge in [-0.15, -0.1) is 0 Å². The van der Waals surface area contributed by atoms with E-state index in [1.165, 1.54) is 5.57 Å². The summed E-state index contributed by atoms with van der Waals surface area (Å²) >= 11 is 0. The van der Waals surface area contributed by atoms with Crippen molar-refractivity contribution >= 4 is 0 Å². The Labute approximate surface area is 99.2 Å². The lowest BCUT2D eigenvalue weighted by Crippen LogP contribution is -2.29. The minimum atomic E-state index is 0.0494. The summed E-state index contributed by atoms with van der Waals surface area (Å²) < 4.78 is 0. The van der Waals surface area contributed by atoms with E-state index in [2.05, 4.69) is 50.3 Å². The molecule has 0 spiro atoms. The Morgan fingerprint density at radius 1 is 1.31 bits per heavy atom. The fraction of sp³-hybridized carbons (Fsp3) is 0.533. The van der Waals surface area contributed by atoms with Crippen LogP contribution in [0.2, 0.25) is 0 Å². The van der Waals surface area contributed by atoms with Gasteiger partial charge in [-0.25, -0.2) is 0 Å². The van der Waals surface area contributed by atoms with Gasteiger partial charge in [0, 0.05) is 5.41 Å². The van der Waals surface area contributed by atoms with Crippen LogP contribution in [0, 0.1) is 22.7 Å². The topological polar surface area (TPSA) is 23.8 Å². The number of nitrogens with zero attached hydrogens (tertiary/aromatic N) is 1. The molecular formula is C15H21N. The summed E-state index contributed by atoms with van der Waals surface area (Å²) in [7, 11) is 0. The van der Waals surface area contributed by atoms with Crippen molar-refractivity contribution in [2.45, 2.75) is 40.0 Å². The third-order valence-electron chi connectivity index (χ3n) is 3.92. The van der Waals surface area contributed by atoms with Crippen LogP contribution in [0.3, 0.4) is 0 Å². The summed E-state index contributed by atoms with van der Waals surface area (Å²) in [5, 5.41) is 9.22. The molecular weight excluding hydrogens is 194 g/mol. The van der Waals surface area contributed by atoms with Crippen LogP contribution in [0.4, 0.5) is 0 Å². The number of rotatable bonds is 4. The molecule has 1 unspecified atom stereocenters. The van der Waals surface area contributed by atoms with Gasteiger partial charge in [-0.1, -0.05) is 49.8 Å². The second-order valence-electron chi connectivity index (χ2n) is 4.42. The quantitative estimate of drug-likeness (QED) is 0.682. The molecule has 1 rings (SSSR count). The average Bonchev–Trinajstić information content (AvgIpc) is 2.60. The predicted octanol–water partition coefficient (Wildman–Crippen LogP) is 4.39. The molecule has 0 aromatic carbocycles. The number of hydrogen-bond acceptors (Lipinski definition) is 1. The van der Waals surface area contributed by atoms with Crippen LogP contribution in [0.5, 0.6) is 0 Å². The minimum absolute atomic E-state index is 0.0494. The molecule has 0 fully saturated rings. The molecule has 0 radical (unpaired) electrons. The molecule has 1 atom stereocenters. The standard InChI is InChI=1S/C15H21N/c1-4-15(5-2,13(3)12-16)14-10-8-6-7-9-11-14/h6-10,13H,4-5,11H2,1-3H3. The highest BCUT2D eigenvalue weighted by molar-refractivity contribution is 5.29. The Morgan fingerprint density at radius 2 is 2.00 bits per heavy atom. The first-order chi connectivity index (χ1) is 7.71. The zero-order valence-corrected chi connectivity index (χ0v) is 10.5. The lowest BCUT2D eigenvalue weighted by molar-refractivity contribution is 0.250. The van der Waals surface area contributed by atoms with Gasteiger partial charge in [0.05, 0.1) is 12.0 Å². The predicted molar refractivity (Wildman–Crippen MR) is 68.8 cm³/mol. The normalized spacial score (nSPS) is 17.5. The SMILES string of the molecule is CCC(CC)(C1=CC=CC=CC1)C(C)C#N. The molecule has 0 N–H and O–H groups in total. The third kappa shape index (κ3) is 2.27. The van der Waals surface area contributed by atoms with Crippen molar-refractivity contribution in [3.05, 3.63) is 36.0 Å². The zero-order valence-electron chi connectivity index (χ0n) is 10.5. The van der Waals surface area contributed by atoms with Gasteiger partial charge in [0.25, 0.3) is 0 Å². The minimum Gasteiger partial charge on any atom is -0.198 e. The lowest BCUT2D eigenvalue weighted by Gasteiger charge is -2.36. The second-order valence-corrected chi connectivity index (χ2v) is 4.42. The van der Waals surface area contributed by atoms with Crippen molar-refractivity contribution in [1.29, 1.82) is 5.26 Å². The summed E-state index contributed by atoms with van der Waals surface area (Å²) in [6.07, 6.45) is 13.6. The van der Waals surface area contributed by atoms with Gasteiger partial charge < -0.3 is 0 Å². The van der Waals surface area contributed by atoms with E-state index in [1.807, 2.05) is 6.92 Å². The van der Waals surface area contributed by atoms with Gasteiger partial charge in [0.15, 0.2) is 0 Å². The Bertz CT molecular complexity index is 348. The van der Waals surface area contributed by atoms with Crippen LogP contribution in [0.25, 0.3) is 0 Å². The van der Waals surface area contributed by atoms with Crippen molar-refractivity contribution in [3.63, 3.8) is 0 Å². The largest absolute Gasteiger partial charge is 0.198 e. The van der Waals surface area contributed by atoms with Gasteiger partial charge in [-0.2, -0.15) is 5.26 Å². The van der Waals surface area contributed by atoms with Crippen LogP contribution in [0.1, 0.15) is 40.0 Å². The number of hydrogen-bond donors (Lipinski definition) is 0. The van der Waals surface area contributed by atoms with Crippen molar-refractivity contribution in [2.24, 2.45) is 11.3 Å². The maximum Gasteiger partial charge on any atom is 0.0662 e. The summed E-state index contributed by atoms with van der Waals surface area (Å²) in [6, 6.07) is 2.44. The zero-order chi connectivity index (χ0) is 12.0. The molecule has 0 aromatic rings. The monoisotopic (exact) mass is 215 g/mol. The van der Waals surface area contributed by atoms with Gasteiger partial charge in [0.2, 0.25) is 0 Å². The molecule has 0 aliphatic heterocycles. The van der Waals surface area contributed by atoms with Crippen LogP contribution in [0.15, 0.2) is 36.0 Å². The highest BCUT2D eigenvalue weighted by Gasteiger charge is 2.35. The molecule has 1 heteroatoms. The van der Waals surface area contributed by atoms with Crippen LogP contribution < -0.4 is 0 Å². The molecule has 1 aliphatic carbocycles. The molecule has 0 amide bonds. The molecule has 1 aliphatic rings. The molecule has 1 nitrogen and oxygen atoms in total. The molecule has 0 heterocycles. The van der Waals surface area contributed by atoms with Crippen molar-refractivity contribution in [2.75, 3.05) is 0 Å². The van der Waals surface area contributed by atoms with E-state index < -0.39 is 0 Å². The van der Waals surface area contributed by atoms with Gasteiger partial charge >= 0.3 is 0 Å². The van der Waals surface area contributed by atoms with Crippen molar-refractivity contribution in [3.8, 4) is 6.07 Å². The highest BCUT2D eigenvalue weighted by atomic mass is 14.4. The number of nitriles is 1. The van der Waals surface area contributed by atoms with E-state index >= 15 is 0 Å². The maximum atomic E-state index is 9.22. The van der Waals surface area contributed by atoms with E-state index in [1.54, 1.807) is 0 Å². The fourth-order valence-electron chi connectivity index (χ4n) is 2.66. The smallest absolute Gasteiger partial charge is 0.0662 e. The maximum absolute atomic E-state index is 9.22. The summed E-state index contributed by atoms with van der Waals surface area (Å²) in [6.45, 7) is 6.43. The van der Waals surface area contributed by atoms with Gasteiger partial charge in [-0.3, -0.25) is 0 Å². The molecule has 16 heavy (non-hydrogen) atoms. The number of allylic oxidation sites excluding steroid dienone is 6. The fourth-order valence-corrected chi connectivity index (χ4v) is 2.66. The van der Waals surface area contributed by atoms with E-state index in [0.29, 0.717) is 0 Å². The molecule has 0 saturated heterocycles. The van der Waals surface area contributed by atoms with E-state index in [4.69, 9.17) is 0 Å². The Balaban J connectivity index is 3.11. The molecule has 0 bridgehead atoms. The third-order valence-corrected chi connectivity index (χ3v) is 3.92. The van der Waals surface area contributed by atoms with Crippen LogP contribution in [-0.4, -0.2) is 0 Å². The first-order valence-electron chi connectivity index (χ1n) is 6.13. The Hall–Kier alpha value is -1.29. The van der Waals surface area contributed by atoms with Crippen molar-refractivity contribution < 1.29 is 0 Å². The van der Waals surface area contributed by atoms with Crippen LogP contribution >= 0.6 is 0 Å². The lowest BCUT2D eigenvalue weighted by atomic mass is 9.66. The molecule has 0 saturated carbocycles. The summed E-state index contributed by atoms with van der Waals surface area (Å²) in [5.41, 5.74) is 1.45. The van der Waals surface area contributed by atoms with Crippen LogP contribution in [-0.2, 0) is 0 Å². The average molecular weight is 215 g/mol. The molecule has 86 valence electrons. The van der Waals surface area contributed by atoms with Gasteiger partial charge in [0.1, 0.15) is 0 Å².